The largest absolute Gasteiger partial charge is 0.464 e. The van der Waals surface area contributed by atoms with E-state index in [9.17, 15) is 4.79 Å². The summed E-state index contributed by atoms with van der Waals surface area (Å²) in [4.78, 5) is 22.1. The number of carboxylic acid groups (broad SMARTS) is 1. The Labute approximate surface area is 96.8 Å². The van der Waals surface area contributed by atoms with Crippen LogP contribution in [0.2, 0.25) is 0 Å². The van der Waals surface area contributed by atoms with E-state index in [1.807, 2.05) is 12.1 Å². The maximum Gasteiger partial charge on any atom is 0.415 e. The highest BCUT2D eigenvalue weighted by atomic mass is 16.4. The first-order chi connectivity index (χ1) is 8.25. The van der Waals surface area contributed by atoms with E-state index in [1.165, 1.54) is 12.4 Å². The van der Waals surface area contributed by atoms with Gasteiger partial charge in [0, 0.05) is 24.8 Å². The van der Waals surface area contributed by atoms with Crippen LogP contribution in [0.5, 0.6) is 0 Å². The van der Waals surface area contributed by atoms with Crippen LogP contribution in [0, 0.1) is 0 Å². The van der Waals surface area contributed by atoms with Gasteiger partial charge in [0.25, 0.3) is 0 Å². The van der Waals surface area contributed by atoms with Gasteiger partial charge in [-0.25, -0.2) is 9.78 Å². The van der Waals surface area contributed by atoms with Gasteiger partial charge < -0.3 is 5.11 Å². The monoisotopic (exact) mass is 228 g/mol. The third kappa shape index (κ3) is 1.46. The summed E-state index contributed by atoms with van der Waals surface area (Å²) in [6.45, 7) is 0. The molecule has 17 heavy (non-hydrogen) atoms. The second kappa shape index (κ2) is 3.44. The molecule has 6 nitrogen and oxygen atoms in total. The zero-order valence-electron chi connectivity index (χ0n) is 8.69. The second-order valence-corrected chi connectivity index (χ2v) is 3.52. The first kappa shape index (κ1) is 9.59. The van der Waals surface area contributed by atoms with Crippen molar-refractivity contribution in [2.75, 3.05) is 4.90 Å². The van der Waals surface area contributed by atoms with Gasteiger partial charge in [-0.3, -0.25) is 14.8 Å². The van der Waals surface area contributed by atoms with Crippen molar-refractivity contribution in [3.05, 3.63) is 42.6 Å². The number of fused-ring (bicyclic) bond motifs is 3. The van der Waals surface area contributed by atoms with Crippen molar-refractivity contribution in [3.63, 3.8) is 0 Å². The topological polar surface area (TPSA) is 69.0 Å². The van der Waals surface area contributed by atoms with Gasteiger partial charge in [-0.1, -0.05) is 0 Å². The maximum absolute atomic E-state index is 10.8. The van der Waals surface area contributed by atoms with Crippen molar-refractivity contribution in [2.45, 2.75) is 0 Å². The molecule has 84 valence electrons. The molecule has 0 fully saturated rings. The lowest BCUT2D eigenvalue weighted by molar-refractivity contribution is 0.175. The fraction of sp³-hybridized carbons (Fsp3) is 0. The Bertz CT molecular complexity index is 577. The highest BCUT2D eigenvalue weighted by Crippen LogP contribution is 2.33. The zero-order chi connectivity index (χ0) is 11.8. The minimum atomic E-state index is -1.03. The fourth-order valence-corrected chi connectivity index (χ4v) is 1.69. The average Bonchev–Trinajstić information content (AvgIpc) is 2.38. The average molecular weight is 228 g/mol. The molecule has 0 aliphatic carbocycles. The summed E-state index contributed by atoms with van der Waals surface area (Å²) in [6.07, 6.45) is 6.86. The lowest BCUT2D eigenvalue weighted by Crippen LogP contribution is -2.30. The van der Waals surface area contributed by atoms with Crippen molar-refractivity contribution in [1.29, 1.82) is 0 Å². The summed E-state index contributed by atoms with van der Waals surface area (Å²) in [5.74, 6) is 0.697. The van der Waals surface area contributed by atoms with E-state index in [4.69, 9.17) is 5.11 Å². The molecule has 1 aromatic rings. The molecule has 0 atom stereocenters. The number of pyridine rings is 1. The number of carbonyl (C=O) groups is 1. The van der Waals surface area contributed by atoms with Crippen molar-refractivity contribution in [1.82, 2.24) is 9.88 Å². The summed E-state index contributed by atoms with van der Waals surface area (Å²) in [6, 6.07) is 3.66. The van der Waals surface area contributed by atoms with Gasteiger partial charge >= 0.3 is 6.09 Å². The van der Waals surface area contributed by atoms with Crippen LogP contribution in [-0.4, -0.2) is 27.3 Å². The summed E-state index contributed by atoms with van der Waals surface area (Å²) < 4.78 is 0. The first-order valence-corrected chi connectivity index (χ1v) is 4.95. The van der Waals surface area contributed by atoms with E-state index in [0.29, 0.717) is 11.5 Å². The predicted molar refractivity (Wildman–Crippen MR) is 62.0 cm³/mol. The molecule has 0 radical (unpaired) electrons. The number of hydrogen-bond acceptors (Lipinski definition) is 4. The van der Waals surface area contributed by atoms with Crippen LogP contribution >= 0.6 is 0 Å². The molecule has 3 rings (SSSR count). The lowest BCUT2D eigenvalue weighted by atomic mass is 10.2. The number of aromatic nitrogens is 1. The summed E-state index contributed by atoms with van der Waals surface area (Å²) in [7, 11) is 0. The number of nitrogens with zero attached hydrogens (tertiary/aromatic N) is 4. The van der Waals surface area contributed by atoms with Crippen molar-refractivity contribution < 1.29 is 9.90 Å². The fourth-order valence-electron chi connectivity index (χ4n) is 1.69. The normalized spacial score (nSPS) is 16.4. The quantitative estimate of drug-likeness (QED) is 0.736. The van der Waals surface area contributed by atoms with Crippen LogP contribution in [0.15, 0.2) is 47.6 Å². The van der Waals surface area contributed by atoms with Crippen LogP contribution in [-0.2, 0) is 0 Å². The van der Waals surface area contributed by atoms with Crippen molar-refractivity contribution >= 4 is 23.8 Å². The van der Waals surface area contributed by atoms with Crippen LogP contribution in [0.4, 0.5) is 16.3 Å². The van der Waals surface area contributed by atoms with E-state index in [0.717, 1.165) is 10.6 Å². The van der Waals surface area contributed by atoms with E-state index in [-0.39, 0.29) is 0 Å². The summed E-state index contributed by atoms with van der Waals surface area (Å²) in [5, 5.41) is 8.88. The van der Waals surface area contributed by atoms with Crippen LogP contribution in [0.3, 0.4) is 0 Å². The Balaban J connectivity index is 2.06. The molecule has 0 bridgehead atoms. The van der Waals surface area contributed by atoms with Gasteiger partial charge in [-0.2, -0.15) is 0 Å². The number of aliphatic imine (C=N–C) groups is 1. The molecule has 6 heteroatoms. The number of amides is 1. The molecule has 0 saturated heterocycles. The van der Waals surface area contributed by atoms with E-state index >= 15 is 0 Å². The molecule has 0 aromatic carbocycles. The molecule has 1 aromatic heterocycles. The smallest absolute Gasteiger partial charge is 0.415 e. The third-order valence-corrected chi connectivity index (χ3v) is 2.48. The summed E-state index contributed by atoms with van der Waals surface area (Å²) >= 11 is 0. The number of rotatable bonds is 0. The Morgan fingerprint density at radius 1 is 1.35 bits per heavy atom. The van der Waals surface area contributed by atoms with E-state index in [1.54, 1.807) is 23.5 Å². The van der Waals surface area contributed by atoms with Gasteiger partial charge in [0.15, 0.2) is 5.82 Å². The second-order valence-electron chi connectivity index (χ2n) is 3.52. The highest BCUT2D eigenvalue weighted by Gasteiger charge is 2.22. The Kier molecular flexibility index (Phi) is 1.94. The molecule has 2 aliphatic heterocycles. The molecular weight excluding hydrogens is 220 g/mol. The van der Waals surface area contributed by atoms with Crippen LogP contribution in [0.25, 0.3) is 0 Å². The molecule has 1 amide bonds. The molecule has 1 N–H and O–H groups in total. The number of allylic oxidation sites excluding steroid dienone is 1. The number of hydrogen-bond donors (Lipinski definition) is 1. The minimum absolute atomic E-state index is 0.668. The Hall–Kier alpha value is -2.63. The third-order valence-electron chi connectivity index (χ3n) is 2.48. The molecule has 0 unspecified atom stereocenters. The zero-order valence-corrected chi connectivity index (χ0v) is 8.69. The van der Waals surface area contributed by atoms with Crippen LogP contribution < -0.4 is 4.90 Å². The predicted octanol–water partition coefficient (Wildman–Crippen LogP) is 1.91. The van der Waals surface area contributed by atoms with E-state index < -0.39 is 6.09 Å². The minimum Gasteiger partial charge on any atom is -0.464 e. The molecule has 0 saturated carbocycles. The molecular formula is C11H8N4O2. The van der Waals surface area contributed by atoms with Crippen molar-refractivity contribution in [2.24, 2.45) is 4.99 Å². The Morgan fingerprint density at radius 3 is 3.06 bits per heavy atom. The van der Waals surface area contributed by atoms with Gasteiger partial charge in [0.1, 0.15) is 5.69 Å². The molecule has 2 aliphatic rings. The van der Waals surface area contributed by atoms with E-state index in [2.05, 4.69) is 9.98 Å². The molecule has 0 spiro atoms. The van der Waals surface area contributed by atoms with Crippen molar-refractivity contribution in [3.8, 4) is 0 Å². The van der Waals surface area contributed by atoms with Gasteiger partial charge in [0.05, 0.1) is 11.9 Å². The van der Waals surface area contributed by atoms with Gasteiger partial charge in [-0.15, -0.1) is 0 Å². The molecule has 3 heterocycles. The first-order valence-electron chi connectivity index (χ1n) is 4.95. The SMILES string of the molecule is O=C(O)N1C=CN2C(=C1)C=Nc1cccnc12. The highest BCUT2D eigenvalue weighted by molar-refractivity contribution is 5.94. The van der Waals surface area contributed by atoms with Gasteiger partial charge in [-0.05, 0) is 12.1 Å². The number of anilines is 1. The maximum atomic E-state index is 10.8. The standard InChI is InChI=1S/C11H8N4O2/c16-11(17)14-4-5-15-8(7-14)6-13-9-2-1-3-12-10(9)15/h1-7H,(H,16,17). The van der Waals surface area contributed by atoms with Crippen LogP contribution in [0.1, 0.15) is 0 Å². The lowest BCUT2D eigenvalue weighted by Gasteiger charge is -2.29. The van der Waals surface area contributed by atoms with Gasteiger partial charge in [0.2, 0.25) is 0 Å². The Morgan fingerprint density at radius 2 is 2.24 bits per heavy atom. The summed E-state index contributed by atoms with van der Waals surface area (Å²) in [5.41, 5.74) is 1.43.